The number of hydrogen-bond acceptors (Lipinski definition) is 3. The van der Waals surface area contributed by atoms with Crippen LogP contribution in [0.1, 0.15) is 0 Å². The van der Waals surface area contributed by atoms with E-state index in [9.17, 15) is 4.57 Å². The summed E-state index contributed by atoms with van der Waals surface area (Å²) in [4.78, 5) is 16.1. The first kappa shape index (κ1) is 12.7. The molecule has 0 heterocycles. The molecule has 0 saturated heterocycles. The van der Waals surface area contributed by atoms with Gasteiger partial charge in [0, 0.05) is 36.1 Å². The van der Waals surface area contributed by atoms with E-state index in [2.05, 4.69) is 0 Å². The van der Waals surface area contributed by atoms with Crippen molar-refractivity contribution >= 4 is 37.2 Å². The molecule has 0 spiro atoms. The van der Waals surface area contributed by atoms with Crippen molar-refractivity contribution in [3.05, 3.63) is 0 Å². The summed E-state index contributed by atoms with van der Waals surface area (Å²) in [6.07, 6.45) is 0. The fraction of sp³-hybridized carbons (Fsp3) is 1.00. The Hall–Kier alpha value is 1.07. The normalized spacial score (nSPS) is 14.2. The van der Waals surface area contributed by atoms with Crippen LogP contribution in [-0.2, 0) is 4.57 Å². The van der Waals surface area contributed by atoms with E-state index >= 15 is 0 Å². The van der Waals surface area contributed by atoms with Crippen molar-refractivity contribution in [1.29, 1.82) is 0 Å². The van der Waals surface area contributed by atoms with Gasteiger partial charge < -0.3 is 20.6 Å². The fourth-order valence-corrected chi connectivity index (χ4v) is 0.412. The van der Waals surface area contributed by atoms with Gasteiger partial charge in [0.1, 0.15) is 0 Å². The minimum Gasteiger partial charge on any atom is -0.379 e. The van der Waals surface area contributed by atoms with Crippen molar-refractivity contribution in [3.8, 4) is 0 Å². The van der Waals surface area contributed by atoms with Crippen LogP contribution in [-0.4, -0.2) is 56.8 Å². The van der Waals surface area contributed by atoms with E-state index in [1.54, 1.807) is 0 Å². The van der Waals surface area contributed by atoms with E-state index in [1.807, 2.05) is 0 Å². The van der Waals surface area contributed by atoms with Gasteiger partial charge in [0.2, 0.25) is 0 Å². The van der Waals surface area contributed by atoms with Crippen molar-refractivity contribution in [1.82, 2.24) is 0 Å². The second-order valence-electron chi connectivity index (χ2n) is 1.31. The quantitative estimate of drug-likeness (QED) is 0.281. The third-order valence-electron chi connectivity index (χ3n) is 0.599. The van der Waals surface area contributed by atoms with Gasteiger partial charge in [0.15, 0.2) is 5.85 Å². The summed E-state index contributed by atoms with van der Waals surface area (Å²) in [7, 11) is -4.33. The van der Waals surface area contributed by atoms with E-state index in [4.69, 9.17) is 20.6 Å². The third kappa shape index (κ3) is 5.51. The zero-order valence-electron chi connectivity index (χ0n) is 5.06. The largest absolute Gasteiger partial charge is 0.379 e. The topological polar surface area (TPSA) is 104 Å². The number of nitrogens with two attached hydrogens (primary N) is 1. The molecule has 1 atom stereocenters. The molecule has 0 amide bonds. The standard InChI is InChI=1S/C2H8NO4P.Na/c3-1-2(4)8(5,6)7;/h2,4H,1,3H2,(H2,5,6,7);. The van der Waals surface area contributed by atoms with Gasteiger partial charge in [-0.15, -0.1) is 0 Å². The molecule has 0 aliphatic heterocycles. The molecule has 0 rings (SSSR count). The maximum atomic E-state index is 9.93. The number of rotatable bonds is 2. The van der Waals surface area contributed by atoms with Gasteiger partial charge in [-0.1, -0.05) is 0 Å². The van der Waals surface area contributed by atoms with Gasteiger partial charge in [-0.05, 0) is 0 Å². The molecule has 1 radical (unpaired) electrons. The third-order valence-corrected chi connectivity index (χ3v) is 1.59. The van der Waals surface area contributed by atoms with Gasteiger partial charge in [-0.2, -0.15) is 0 Å². The monoisotopic (exact) mass is 164 g/mol. The predicted molar refractivity (Wildman–Crippen MR) is 32.9 cm³/mol. The molecular formula is C2H8NNaO4P. The SMILES string of the molecule is NCC(O)P(=O)(O)O.[Na]. The molecular weight excluding hydrogens is 156 g/mol. The van der Waals surface area contributed by atoms with E-state index < -0.39 is 20.0 Å². The predicted octanol–water partition coefficient (Wildman–Crippen LogP) is -1.94. The Bertz CT molecular complexity index is 113. The van der Waals surface area contributed by atoms with Gasteiger partial charge in [0.05, 0.1) is 0 Å². The molecule has 5 N–H and O–H groups in total. The zero-order valence-corrected chi connectivity index (χ0v) is 7.95. The van der Waals surface area contributed by atoms with Crippen molar-refractivity contribution in [2.45, 2.75) is 5.85 Å². The first-order valence-electron chi connectivity index (χ1n) is 1.92. The molecule has 0 aromatic rings. The second-order valence-corrected chi connectivity index (χ2v) is 3.08. The van der Waals surface area contributed by atoms with Crippen LogP contribution in [0.5, 0.6) is 0 Å². The van der Waals surface area contributed by atoms with E-state index in [1.165, 1.54) is 0 Å². The van der Waals surface area contributed by atoms with Crippen LogP contribution >= 0.6 is 7.60 Å². The zero-order chi connectivity index (χ0) is 6.78. The summed E-state index contributed by atoms with van der Waals surface area (Å²) in [6, 6.07) is 0. The Morgan fingerprint density at radius 3 is 1.89 bits per heavy atom. The summed E-state index contributed by atoms with van der Waals surface area (Å²) >= 11 is 0. The first-order valence-corrected chi connectivity index (χ1v) is 3.60. The Kier molecular flexibility index (Phi) is 6.81. The molecule has 0 aromatic heterocycles. The second kappa shape index (κ2) is 4.82. The van der Waals surface area contributed by atoms with Gasteiger partial charge >= 0.3 is 7.60 Å². The summed E-state index contributed by atoms with van der Waals surface area (Å²) in [6.45, 7) is -0.412. The van der Waals surface area contributed by atoms with Crippen LogP contribution in [0, 0.1) is 0 Å². The number of aliphatic hydroxyl groups is 1. The average molecular weight is 164 g/mol. The van der Waals surface area contributed by atoms with Crippen molar-refractivity contribution in [3.63, 3.8) is 0 Å². The molecule has 7 heteroatoms. The maximum absolute atomic E-state index is 9.93. The summed E-state index contributed by atoms with van der Waals surface area (Å²) in [5, 5.41) is 8.31. The Balaban J connectivity index is 0. The van der Waals surface area contributed by atoms with Crippen LogP contribution in [0.15, 0.2) is 0 Å². The molecule has 1 unspecified atom stereocenters. The van der Waals surface area contributed by atoms with Crippen LogP contribution in [0.3, 0.4) is 0 Å². The van der Waals surface area contributed by atoms with Crippen LogP contribution in [0.2, 0.25) is 0 Å². The molecule has 0 saturated carbocycles. The molecule has 0 fully saturated rings. The minimum atomic E-state index is -4.33. The van der Waals surface area contributed by atoms with Crippen molar-refractivity contribution in [2.24, 2.45) is 5.73 Å². The number of hydrogen-bond donors (Lipinski definition) is 4. The first-order chi connectivity index (χ1) is 3.48. The minimum absolute atomic E-state index is 0. The average Bonchev–Trinajstić information content (AvgIpc) is 1.62. The summed E-state index contributed by atoms with van der Waals surface area (Å²) in [5.74, 6) is -1.71. The van der Waals surface area contributed by atoms with Gasteiger partial charge in [-0.3, -0.25) is 4.57 Å². The molecule has 51 valence electrons. The van der Waals surface area contributed by atoms with E-state index in [0.717, 1.165) is 0 Å². The van der Waals surface area contributed by atoms with Crippen LogP contribution in [0.25, 0.3) is 0 Å². The smallest absolute Gasteiger partial charge is 0.355 e. The van der Waals surface area contributed by atoms with Crippen LogP contribution in [0.4, 0.5) is 0 Å². The molecule has 5 nitrogen and oxygen atoms in total. The van der Waals surface area contributed by atoms with E-state index in [0.29, 0.717) is 0 Å². The molecule has 0 aliphatic rings. The molecule has 0 aliphatic carbocycles. The Labute approximate surface area is 74.7 Å². The molecule has 0 bridgehead atoms. The van der Waals surface area contributed by atoms with Crippen molar-refractivity contribution < 1.29 is 19.5 Å². The summed E-state index contributed by atoms with van der Waals surface area (Å²) < 4.78 is 9.93. The Morgan fingerprint density at radius 1 is 1.56 bits per heavy atom. The van der Waals surface area contributed by atoms with Gasteiger partial charge in [0.25, 0.3) is 0 Å². The molecule has 0 aromatic carbocycles. The van der Waals surface area contributed by atoms with Gasteiger partial charge in [-0.25, -0.2) is 0 Å². The fourth-order valence-electron chi connectivity index (χ4n) is 0.137. The molecule has 9 heavy (non-hydrogen) atoms. The van der Waals surface area contributed by atoms with E-state index in [-0.39, 0.29) is 29.6 Å². The Morgan fingerprint density at radius 2 is 1.89 bits per heavy atom. The van der Waals surface area contributed by atoms with Crippen molar-refractivity contribution in [2.75, 3.05) is 6.54 Å². The maximum Gasteiger partial charge on any atom is 0.355 e. The summed E-state index contributed by atoms with van der Waals surface area (Å²) in [5.41, 5.74) is 4.72. The number of aliphatic hydroxyl groups excluding tert-OH is 1. The van der Waals surface area contributed by atoms with Crippen LogP contribution < -0.4 is 5.73 Å².